The Kier molecular flexibility index (Phi) is 4.84. The molecule has 1 heterocycles. The van der Waals surface area contributed by atoms with E-state index in [0.29, 0.717) is 0 Å². The van der Waals surface area contributed by atoms with Gasteiger partial charge >= 0.3 is 0 Å². The first-order valence-electron chi connectivity index (χ1n) is 4.10. The van der Waals surface area contributed by atoms with E-state index in [1.807, 2.05) is 0 Å². The van der Waals surface area contributed by atoms with E-state index in [1.54, 1.807) is 13.3 Å². The summed E-state index contributed by atoms with van der Waals surface area (Å²) in [5.41, 5.74) is 2.74. The maximum Gasteiger partial charge on any atom is 0.0669 e. The second-order valence-corrected chi connectivity index (χ2v) is 3.49. The van der Waals surface area contributed by atoms with Gasteiger partial charge in [-0.1, -0.05) is 4.49 Å². The molecule has 74 valence electrons. The van der Waals surface area contributed by atoms with Crippen LogP contribution in [-0.4, -0.2) is 23.3 Å². The predicted octanol–water partition coefficient (Wildman–Crippen LogP) is 0.469. The summed E-state index contributed by atoms with van der Waals surface area (Å²) < 4.78 is 8.74. The summed E-state index contributed by atoms with van der Waals surface area (Å²) >= 11 is 1.37. The van der Waals surface area contributed by atoms with Gasteiger partial charge in [0.05, 0.1) is 17.1 Å². The minimum Gasteiger partial charge on any atom is -0.385 e. The van der Waals surface area contributed by atoms with Crippen molar-refractivity contribution in [1.82, 2.24) is 15.0 Å². The summed E-state index contributed by atoms with van der Waals surface area (Å²) in [5, 5.41) is 3.76. The lowest BCUT2D eigenvalue weighted by atomic mass is 10.1. The second-order valence-electron chi connectivity index (χ2n) is 2.67. The number of nitrogens with two attached hydrogens (primary N) is 1. The molecule has 0 aliphatic heterocycles. The molecular formula is C7H14N4OS. The fourth-order valence-electron chi connectivity index (χ4n) is 1.07. The van der Waals surface area contributed by atoms with Crippen molar-refractivity contribution >= 4 is 11.5 Å². The van der Waals surface area contributed by atoms with Crippen LogP contribution in [0.15, 0.2) is 6.20 Å². The molecule has 1 aromatic heterocycles. The van der Waals surface area contributed by atoms with Crippen molar-refractivity contribution in [3.63, 3.8) is 0 Å². The fraction of sp³-hybridized carbons (Fsp3) is 0.714. The first kappa shape index (κ1) is 10.5. The van der Waals surface area contributed by atoms with Crippen LogP contribution < -0.4 is 11.3 Å². The minimum absolute atomic E-state index is 0.148. The van der Waals surface area contributed by atoms with Gasteiger partial charge in [-0.05, 0) is 24.4 Å². The average Bonchev–Trinajstić information content (AvgIpc) is 2.65. The van der Waals surface area contributed by atoms with Crippen LogP contribution in [0.1, 0.15) is 23.8 Å². The van der Waals surface area contributed by atoms with Crippen LogP contribution in [-0.2, 0) is 4.74 Å². The number of ether oxygens (including phenoxy) is 1. The molecule has 0 radical (unpaired) electrons. The van der Waals surface area contributed by atoms with Gasteiger partial charge in [0.2, 0.25) is 0 Å². The van der Waals surface area contributed by atoms with E-state index in [2.05, 4.69) is 15.0 Å². The van der Waals surface area contributed by atoms with Gasteiger partial charge in [-0.15, -0.1) is 5.10 Å². The highest BCUT2D eigenvalue weighted by Gasteiger charge is 2.11. The van der Waals surface area contributed by atoms with Gasteiger partial charge in [0.15, 0.2) is 0 Å². The van der Waals surface area contributed by atoms with Gasteiger partial charge in [-0.2, -0.15) is 0 Å². The molecule has 1 rings (SSSR count). The normalized spacial score (nSPS) is 13.1. The average molecular weight is 202 g/mol. The topological polar surface area (TPSA) is 73.1 Å². The number of aromatic nitrogens is 2. The Morgan fingerprint density at radius 1 is 1.77 bits per heavy atom. The standard InChI is InChI=1S/C7H14N4OS/c1-12-4-2-3-6(10-8)7-5-9-11-13-7/h5-6,10H,2-4,8H2,1H3. The monoisotopic (exact) mass is 202 g/mol. The van der Waals surface area contributed by atoms with Crippen molar-refractivity contribution in [3.05, 3.63) is 11.1 Å². The lowest BCUT2D eigenvalue weighted by molar-refractivity contribution is 0.189. The molecule has 0 aliphatic rings. The van der Waals surface area contributed by atoms with Crippen molar-refractivity contribution in [1.29, 1.82) is 0 Å². The van der Waals surface area contributed by atoms with Crippen LogP contribution in [0.25, 0.3) is 0 Å². The van der Waals surface area contributed by atoms with Gasteiger partial charge in [-0.25, -0.2) is 0 Å². The Bertz CT molecular complexity index is 216. The highest BCUT2D eigenvalue weighted by Crippen LogP contribution is 2.19. The minimum atomic E-state index is 0.148. The maximum absolute atomic E-state index is 5.41. The number of hydrogen-bond donors (Lipinski definition) is 2. The third-order valence-corrected chi connectivity index (χ3v) is 2.54. The van der Waals surface area contributed by atoms with E-state index in [1.165, 1.54) is 11.5 Å². The lowest BCUT2D eigenvalue weighted by Gasteiger charge is -2.11. The molecule has 0 saturated carbocycles. The fourth-order valence-corrected chi connectivity index (χ4v) is 1.66. The zero-order chi connectivity index (χ0) is 9.52. The Morgan fingerprint density at radius 3 is 3.15 bits per heavy atom. The molecule has 0 fully saturated rings. The van der Waals surface area contributed by atoms with Gasteiger partial charge < -0.3 is 4.74 Å². The summed E-state index contributed by atoms with van der Waals surface area (Å²) in [6.45, 7) is 0.754. The van der Waals surface area contributed by atoms with E-state index >= 15 is 0 Å². The zero-order valence-corrected chi connectivity index (χ0v) is 8.38. The number of nitrogens with one attached hydrogen (secondary N) is 1. The molecule has 1 unspecified atom stereocenters. The predicted molar refractivity (Wildman–Crippen MR) is 51.1 cm³/mol. The summed E-state index contributed by atoms with van der Waals surface area (Å²) in [6.07, 6.45) is 3.65. The summed E-state index contributed by atoms with van der Waals surface area (Å²) in [4.78, 5) is 1.07. The van der Waals surface area contributed by atoms with E-state index in [-0.39, 0.29) is 6.04 Å². The molecule has 0 saturated heterocycles. The number of hydrogen-bond acceptors (Lipinski definition) is 6. The van der Waals surface area contributed by atoms with Crippen molar-refractivity contribution < 1.29 is 4.74 Å². The largest absolute Gasteiger partial charge is 0.385 e. The number of methoxy groups -OCH3 is 1. The SMILES string of the molecule is COCCCC(NN)c1cnns1. The van der Waals surface area contributed by atoms with Crippen molar-refractivity contribution in [2.75, 3.05) is 13.7 Å². The number of rotatable bonds is 6. The molecule has 0 aliphatic carbocycles. The lowest BCUT2D eigenvalue weighted by Crippen LogP contribution is -2.27. The molecular weight excluding hydrogens is 188 g/mol. The van der Waals surface area contributed by atoms with Crippen LogP contribution in [0, 0.1) is 0 Å². The zero-order valence-electron chi connectivity index (χ0n) is 7.56. The van der Waals surface area contributed by atoms with Crippen molar-refractivity contribution in [3.8, 4) is 0 Å². The third kappa shape index (κ3) is 3.35. The molecule has 1 atom stereocenters. The highest BCUT2D eigenvalue weighted by molar-refractivity contribution is 7.05. The van der Waals surface area contributed by atoms with Crippen LogP contribution >= 0.6 is 11.5 Å². The number of hydrazine groups is 1. The Morgan fingerprint density at radius 2 is 2.62 bits per heavy atom. The number of nitrogens with zero attached hydrogens (tertiary/aromatic N) is 2. The van der Waals surface area contributed by atoms with Gasteiger partial charge in [0, 0.05) is 13.7 Å². The summed E-state index contributed by atoms with van der Waals surface area (Å²) in [6, 6.07) is 0.148. The molecule has 0 amide bonds. The smallest absolute Gasteiger partial charge is 0.0669 e. The molecule has 5 nitrogen and oxygen atoms in total. The Balaban J connectivity index is 2.35. The molecule has 3 N–H and O–H groups in total. The molecule has 6 heteroatoms. The first-order valence-corrected chi connectivity index (χ1v) is 4.88. The van der Waals surface area contributed by atoms with Crippen LogP contribution in [0.5, 0.6) is 0 Å². The first-order chi connectivity index (χ1) is 6.38. The molecule has 13 heavy (non-hydrogen) atoms. The molecule has 0 aromatic carbocycles. The van der Waals surface area contributed by atoms with Crippen LogP contribution in [0.4, 0.5) is 0 Å². The second kappa shape index (κ2) is 5.98. The molecule has 0 bridgehead atoms. The summed E-state index contributed by atoms with van der Waals surface area (Å²) in [5.74, 6) is 5.41. The van der Waals surface area contributed by atoms with E-state index in [4.69, 9.17) is 10.6 Å². The van der Waals surface area contributed by atoms with E-state index in [0.717, 1.165) is 24.3 Å². The Labute approximate surface area is 81.4 Å². The quantitative estimate of drug-likeness (QED) is 0.398. The molecule has 0 spiro atoms. The maximum atomic E-state index is 5.41. The summed E-state index contributed by atoms with van der Waals surface area (Å²) in [7, 11) is 1.69. The van der Waals surface area contributed by atoms with Gasteiger partial charge in [0.25, 0.3) is 0 Å². The van der Waals surface area contributed by atoms with Crippen LogP contribution in [0.3, 0.4) is 0 Å². The van der Waals surface area contributed by atoms with Crippen molar-refractivity contribution in [2.45, 2.75) is 18.9 Å². The van der Waals surface area contributed by atoms with Gasteiger partial charge in [-0.3, -0.25) is 11.3 Å². The molecule has 1 aromatic rings. The van der Waals surface area contributed by atoms with E-state index < -0.39 is 0 Å². The third-order valence-electron chi connectivity index (χ3n) is 1.76. The van der Waals surface area contributed by atoms with Crippen molar-refractivity contribution in [2.24, 2.45) is 5.84 Å². The van der Waals surface area contributed by atoms with Crippen LogP contribution in [0.2, 0.25) is 0 Å². The highest BCUT2D eigenvalue weighted by atomic mass is 32.1. The Hall–Kier alpha value is -0.560. The van der Waals surface area contributed by atoms with Gasteiger partial charge in [0.1, 0.15) is 0 Å². The van der Waals surface area contributed by atoms with E-state index in [9.17, 15) is 0 Å².